The molecule has 0 aliphatic heterocycles. The first kappa shape index (κ1) is 13.0. The largest absolute Gasteiger partial charge is 0.493 e. The van der Waals surface area contributed by atoms with E-state index in [2.05, 4.69) is 4.74 Å². The van der Waals surface area contributed by atoms with Crippen LogP contribution < -0.4 is 9.47 Å². The van der Waals surface area contributed by atoms with Crippen molar-refractivity contribution in [2.24, 2.45) is 0 Å². The standard InChI is InChI=1S/C12H14O5/c1-15-10-5-4-8(7-11(10)16-2)6-9(13)12(14)17-3/h4-5,7H,6H2,1-3H3. The summed E-state index contributed by atoms with van der Waals surface area (Å²) < 4.78 is 14.5. The molecule has 5 heteroatoms. The van der Waals surface area contributed by atoms with Gasteiger partial charge < -0.3 is 14.2 Å². The Bertz CT molecular complexity index is 425. The molecule has 0 spiro atoms. The number of esters is 1. The minimum atomic E-state index is -0.847. The Morgan fingerprint density at radius 3 is 2.24 bits per heavy atom. The number of rotatable bonds is 5. The summed E-state index contributed by atoms with van der Waals surface area (Å²) in [5, 5.41) is 0. The quantitative estimate of drug-likeness (QED) is 0.565. The van der Waals surface area contributed by atoms with Crippen LogP contribution in [0.5, 0.6) is 11.5 Å². The van der Waals surface area contributed by atoms with Crippen molar-refractivity contribution in [3.05, 3.63) is 23.8 Å². The lowest BCUT2D eigenvalue weighted by molar-refractivity contribution is -0.151. The molecule has 17 heavy (non-hydrogen) atoms. The van der Waals surface area contributed by atoms with Gasteiger partial charge in [0, 0.05) is 6.42 Å². The number of ether oxygens (including phenoxy) is 3. The Morgan fingerprint density at radius 2 is 1.71 bits per heavy atom. The number of Topliss-reactive ketones (excluding diaryl/α,β-unsaturated/α-hetero) is 1. The monoisotopic (exact) mass is 238 g/mol. The van der Waals surface area contributed by atoms with Crippen molar-refractivity contribution in [2.75, 3.05) is 21.3 Å². The van der Waals surface area contributed by atoms with Crippen LogP contribution in [0.25, 0.3) is 0 Å². The highest BCUT2D eigenvalue weighted by Gasteiger charge is 2.15. The van der Waals surface area contributed by atoms with E-state index in [0.29, 0.717) is 17.1 Å². The van der Waals surface area contributed by atoms with Crippen molar-refractivity contribution in [1.82, 2.24) is 0 Å². The third-order valence-corrected chi connectivity index (χ3v) is 2.23. The molecule has 92 valence electrons. The molecule has 0 saturated carbocycles. The summed E-state index contributed by atoms with van der Waals surface area (Å²) >= 11 is 0. The van der Waals surface area contributed by atoms with Crippen LogP contribution in [0.1, 0.15) is 5.56 Å². The molecule has 0 aliphatic carbocycles. The fraction of sp³-hybridized carbons (Fsp3) is 0.333. The molecule has 0 heterocycles. The van der Waals surface area contributed by atoms with Crippen molar-refractivity contribution in [1.29, 1.82) is 0 Å². The van der Waals surface area contributed by atoms with Crippen molar-refractivity contribution in [3.63, 3.8) is 0 Å². The van der Waals surface area contributed by atoms with E-state index >= 15 is 0 Å². The zero-order valence-electron chi connectivity index (χ0n) is 9.98. The molecule has 0 saturated heterocycles. The summed E-state index contributed by atoms with van der Waals surface area (Å²) in [7, 11) is 4.20. The second kappa shape index (κ2) is 5.89. The lowest BCUT2D eigenvalue weighted by Gasteiger charge is -2.08. The maximum absolute atomic E-state index is 11.4. The first-order valence-corrected chi connectivity index (χ1v) is 4.94. The van der Waals surface area contributed by atoms with Gasteiger partial charge in [-0.2, -0.15) is 0 Å². The highest BCUT2D eigenvalue weighted by molar-refractivity contribution is 6.34. The number of benzene rings is 1. The summed E-state index contributed by atoms with van der Waals surface area (Å²) in [6.07, 6.45) is -0.0208. The van der Waals surface area contributed by atoms with E-state index < -0.39 is 11.8 Å². The summed E-state index contributed by atoms with van der Waals surface area (Å²) in [4.78, 5) is 22.3. The third kappa shape index (κ3) is 3.21. The fourth-order valence-corrected chi connectivity index (χ4v) is 1.36. The van der Waals surface area contributed by atoms with Gasteiger partial charge in [-0.3, -0.25) is 4.79 Å². The second-order valence-corrected chi connectivity index (χ2v) is 3.28. The van der Waals surface area contributed by atoms with Crippen LogP contribution in [0, 0.1) is 0 Å². The maximum atomic E-state index is 11.4. The van der Waals surface area contributed by atoms with Crippen LogP contribution in [0.3, 0.4) is 0 Å². The minimum absolute atomic E-state index is 0.0208. The molecule has 0 atom stereocenters. The van der Waals surface area contributed by atoms with Crippen molar-refractivity contribution in [2.45, 2.75) is 6.42 Å². The number of hydrogen-bond donors (Lipinski definition) is 0. The van der Waals surface area contributed by atoms with E-state index in [1.807, 2.05) is 0 Å². The molecular weight excluding hydrogens is 224 g/mol. The first-order chi connectivity index (χ1) is 8.12. The minimum Gasteiger partial charge on any atom is -0.493 e. The van der Waals surface area contributed by atoms with Gasteiger partial charge in [0.15, 0.2) is 11.5 Å². The Labute approximate surface area is 99.3 Å². The van der Waals surface area contributed by atoms with E-state index in [4.69, 9.17) is 9.47 Å². The maximum Gasteiger partial charge on any atom is 0.374 e. The topological polar surface area (TPSA) is 61.8 Å². The van der Waals surface area contributed by atoms with E-state index in [9.17, 15) is 9.59 Å². The van der Waals surface area contributed by atoms with Crippen molar-refractivity contribution >= 4 is 11.8 Å². The average molecular weight is 238 g/mol. The normalized spacial score (nSPS) is 9.59. The second-order valence-electron chi connectivity index (χ2n) is 3.28. The summed E-state index contributed by atoms with van der Waals surface area (Å²) in [6.45, 7) is 0. The van der Waals surface area contributed by atoms with Crippen LogP contribution in [0.4, 0.5) is 0 Å². The van der Waals surface area contributed by atoms with Gasteiger partial charge in [0.25, 0.3) is 0 Å². The molecule has 1 aromatic rings. The lowest BCUT2D eigenvalue weighted by Crippen LogP contribution is -2.17. The number of hydrogen-bond acceptors (Lipinski definition) is 5. The smallest absolute Gasteiger partial charge is 0.374 e. The molecule has 0 amide bonds. The lowest BCUT2D eigenvalue weighted by atomic mass is 10.1. The first-order valence-electron chi connectivity index (χ1n) is 4.94. The summed E-state index contributed by atoms with van der Waals surface area (Å²) in [6, 6.07) is 5.03. The van der Waals surface area contributed by atoms with E-state index in [-0.39, 0.29) is 6.42 Å². The number of carbonyl (C=O) groups excluding carboxylic acids is 2. The van der Waals surface area contributed by atoms with Gasteiger partial charge in [0.1, 0.15) is 0 Å². The zero-order chi connectivity index (χ0) is 12.8. The molecule has 5 nitrogen and oxygen atoms in total. The molecule has 0 bridgehead atoms. The zero-order valence-corrected chi connectivity index (χ0v) is 9.98. The molecule has 1 aromatic carbocycles. The molecular formula is C12H14O5. The van der Waals surface area contributed by atoms with Gasteiger partial charge in [-0.15, -0.1) is 0 Å². The van der Waals surface area contributed by atoms with Gasteiger partial charge in [-0.05, 0) is 17.7 Å². The fourth-order valence-electron chi connectivity index (χ4n) is 1.36. The number of methoxy groups -OCH3 is 3. The van der Waals surface area contributed by atoms with E-state index in [1.54, 1.807) is 18.2 Å². The highest BCUT2D eigenvalue weighted by Crippen LogP contribution is 2.27. The summed E-state index contributed by atoms with van der Waals surface area (Å²) in [5.41, 5.74) is 0.665. The number of ketones is 1. The Hall–Kier alpha value is -2.04. The number of carbonyl (C=O) groups is 2. The molecule has 0 unspecified atom stereocenters. The van der Waals surface area contributed by atoms with Gasteiger partial charge in [-0.1, -0.05) is 6.07 Å². The van der Waals surface area contributed by atoms with Crippen LogP contribution >= 0.6 is 0 Å². The van der Waals surface area contributed by atoms with Gasteiger partial charge >= 0.3 is 5.97 Å². The molecule has 0 radical (unpaired) electrons. The molecule has 0 aromatic heterocycles. The van der Waals surface area contributed by atoms with Crippen LogP contribution in [-0.4, -0.2) is 33.1 Å². The van der Waals surface area contributed by atoms with E-state index in [0.717, 1.165) is 0 Å². The van der Waals surface area contributed by atoms with Crippen molar-refractivity contribution < 1.29 is 23.8 Å². The Balaban J connectivity index is 2.86. The molecule has 0 fully saturated rings. The predicted molar refractivity (Wildman–Crippen MR) is 60.3 cm³/mol. The van der Waals surface area contributed by atoms with Crippen LogP contribution in [-0.2, 0) is 20.7 Å². The van der Waals surface area contributed by atoms with Gasteiger partial charge in [0.2, 0.25) is 5.78 Å². The van der Waals surface area contributed by atoms with Gasteiger partial charge in [-0.25, -0.2) is 4.79 Å². The average Bonchev–Trinajstić information content (AvgIpc) is 2.37. The van der Waals surface area contributed by atoms with Crippen LogP contribution in [0.15, 0.2) is 18.2 Å². The SMILES string of the molecule is COC(=O)C(=O)Cc1ccc(OC)c(OC)c1. The van der Waals surface area contributed by atoms with Crippen LogP contribution in [0.2, 0.25) is 0 Å². The van der Waals surface area contributed by atoms with Crippen molar-refractivity contribution in [3.8, 4) is 11.5 Å². The Morgan fingerprint density at radius 1 is 1.06 bits per heavy atom. The highest BCUT2D eigenvalue weighted by atomic mass is 16.5. The molecule has 0 N–H and O–H groups in total. The molecule has 1 rings (SSSR count). The van der Waals surface area contributed by atoms with Gasteiger partial charge in [0.05, 0.1) is 21.3 Å². The van der Waals surface area contributed by atoms with E-state index in [1.165, 1.54) is 21.3 Å². The Kier molecular flexibility index (Phi) is 4.51. The molecule has 0 aliphatic rings. The summed E-state index contributed by atoms with van der Waals surface area (Å²) in [5.74, 6) is -0.357. The third-order valence-electron chi connectivity index (χ3n) is 2.23. The predicted octanol–water partition coefficient (Wildman–Crippen LogP) is 0.988.